The Morgan fingerprint density at radius 3 is 2.17 bits per heavy atom. The van der Waals surface area contributed by atoms with Crippen LogP contribution in [0.1, 0.15) is 47.0 Å². The van der Waals surface area contributed by atoms with Crippen molar-refractivity contribution in [2.75, 3.05) is 0 Å². The van der Waals surface area contributed by atoms with Crippen molar-refractivity contribution in [1.29, 1.82) is 5.41 Å². The second-order valence-corrected chi connectivity index (χ2v) is 11.1. The third kappa shape index (κ3) is 9.60. The van der Waals surface area contributed by atoms with Gasteiger partial charge in [-0.3, -0.25) is 0 Å². The number of hydrogen-bond donors (Lipinski definition) is 1. The van der Waals surface area contributed by atoms with Crippen molar-refractivity contribution in [2.24, 2.45) is 5.92 Å². The predicted octanol–water partition coefficient (Wildman–Crippen LogP) is 5.02. The molecule has 0 fully saturated rings. The summed E-state index contributed by atoms with van der Waals surface area (Å²) in [4.78, 5) is 0. The van der Waals surface area contributed by atoms with Crippen molar-refractivity contribution in [2.45, 2.75) is 72.7 Å². The Morgan fingerprint density at radius 1 is 1.22 bits per heavy atom. The van der Waals surface area contributed by atoms with Gasteiger partial charge in [0.05, 0.1) is 6.10 Å². The molecular formula is C15H31NOSi. The molecule has 0 radical (unpaired) electrons. The van der Waals surface area contributed by atoms with Gasteiger partial charge in [0.1, 0.15) is 0 Å². The highest BCUT2D eigenvalue weighted by Crippen LogP contribution is 2.19. The van der Waals surface area contributed by atoms with E-state index in [0.717, 1.165) is 12.8 Å². The smallest absolute Gasteiger partial charge is 0.184 e. The molecule has 0 bridgehead atoms. The molecule has 2 atom stereocenters. The maximum Gasteiger partial charge on any atom is 0.184 e. The van der Waals surface area contributed by atoms with Gasteiger partial charge in [0.2, 0.25) is 0 Å². The average molecular weight is 270 g/mol. The first-order valence-electron chi connectivity index (χ1n) is 6.98. The molecule has 0 aromatic carbocycles. The normalized spacial score (nSPS) is 15.1. The van der Waals surface area contributed by atoms with E-state index in [4.69, 9.17) is 9.84 Å². The highest BCUT2D eigenvalue weighted by Gasteiger charge is 2.23. The van der Waals surface area contributed by atoms with Crippen molar-refractivity contribution in [3.05, 3.63) is 11.6 Å². The van der Waals surface area contributed by atoms with Crippen molar-refractivity contribution >= 4 is 14.0 Å². The number of allylic oxidation sites excluding steroid dienone is 2. The van der Waals surface area contributed by atoms with Crippen LogP contribution < -0.4 is 0 Å². The average Bonchev–Trinajstić information content (AvgIpc) is 2.13. The standard InChI is InChI=1S/C15H31NOSi/c1-12(2)9-8-10-13(3)11-15(14(4)16)17-18(5,6)7/h9,13,15-16H,8,10-11H2,1-7H3. The van der Waals surface area contributed by atoms with E-state index < -0.39 is 8.32 Å². The Balaban J connectivity index is 4.24. The molecule has 0 heterocycles. The number of nitrogens with one attached hydrogen (secondary N) is 1. The topological polar surface area (TPSA) is 33.1 Å². The summed E-state index contributed by atoms with van der Waals surface area (Å²) < 4.78 is 6.10. The molecule has 0 amide bonds. The number of hydrogen-bond acceptors (Lipinski definition) is 2. The lowest BCUT2D eigenvalue weighted by atomic mass is 9.96. The minimum atomic E-state index is -1.55. The van der Waals surface area contributed by atoms with Gasteiger partial charge in [0.25, 0.3) is 0 Å². The van der Waals surface area contributed by atoms with E-state index in [1.54, 1.807) is 0 Å². The van der Waals surface area contributed by atoms with Crippen LogP contribution in [0.15, 0.2) is 11.6 Å². The van der Waals surface area contributed by atoms with Gasteiger partial charge in [-0.05, 0) is 65.6 Å². The lowest BCUT2D eigenvalue weighted by molar-refractivity contribution is 0.221. The zero-order valence-electron chi connectivity index (χ0n) is 13.3. The molecule has 0 aliphatic rings. The lowest BCUT2D eigenvalue weighted by Gasteiger charge is -2.28. The molecule has 18 heavy (non-hydrogen) atoms. The van der Waals surface area contributed by atoms with Crippen molar-refractivity contribution in [3.8, 4) is 0 Å². The Hall–Kier alpha value is -0.413. The van der Waals surface area contributed by atoms with Crippen LogP contribution in [0.5, 0.6) is 0 Å². The van der Waals surface area contributed by atoms with Crippen molar-refractivity contribution < 1.29 is 4.43 Å². The van der Waals surface area contributed by atoms with Gasteiger partial charge in [-0.1, -0.05) is 18.6 Å². The third-order valence-corrected chi connectivity index (χ3v) is 3.80. The van der Waals surface area contributed by atoms with E-state index in [1.807, 2.05) is 6.92 Å². The molecule has 0 saturated carbocycles. The first kappa shape index (κ1) is 17.6. The van der Waals surface area contributed by atoms with Crippen LogP contribution in [0.3, 0.4) is 0 Å². The zero-order valence-corrected chi connectivity index (χ0v) is 14.3. The van der Waals surface area contributed by atoms with Crippen LogP contribution in [0.25, 0.3) is 0 Å². The monoisotopic (exact) mass is 269 g/mol. The van der Waals surface area contributed by atoms with Crippen LogP contribution in [0, 0.1) is 11.3 Å². The Kier molecular flexibility index (Phi) is 7.72. The largest absolute Gasteiger partial charge is 0.410 e. The zero-order chi connectivity index (χ0) is 14.3. The second kappa shape index (κ2) is 7.90. The molecule has 106 valence electrons. The third-order valence-electron chi connectivity index (χ3n) is 2.81. The maximum absolute atomic E-state index is 7.86. The first-order chi connectivity index (χ1) is 8.11. The van der Waals surface area contributed by atoms with Crippen LogP contribution >= 0.6 is 0 Å². The molecule has 0 aromatic rings. The predicted molar refractivity (Wildman–Crippen MR) is 84.1 cm³/mol. The Labute approximate surface area is 114 Å². The minimum Gasteiger partial charge on any atom is -0.410 e. The van der Waals surface area contributed by atoms with Crippen LogP contribution in [0.2, 0.25) is 19.6 Å². The summed E-state index contributed by atoms with van der Waals surface area (Å²) in [5, 5.41) is 7.86. The summed E-state index contributed by atoms with van der Waals surface area (Å²) in [5.74, 6) is 0.613. The molecule has 0 aromatic heterocycles. The number of rotatable bonds is 8. The minimum absolute atomic E-state index is 0.0263. The molecule has 3 heteroatoms. The van der Waals surface area contributed by atoms with Gasteiger partial charge in [-0.2, -0.15) is 0 Å². The summed E-state index contributed by atoms with van der Waals surface area (Å²) in [6.45, 7) is 15.0. The van der Waals surface area contributed by atoms with E-state index in [2.05, 4.69) is 46.5 Å². The fraction of sp³-hybridized carbons (Fsp3) is 0.800. The second-order valence-electron chi connectivity index (χ2n) is 6.60. The lowest BCUT2D eigenvalue weighted by Crippen LogP contribution is -2.36. The summed E-state index contributed by atoms with van der Waals surface area (Å²) in [6.07, 6.45) is 5.63. The van der Waals surface area contributed by atoms with E-state index >= 15 is 0 Å². The summed E-state index contributed by atoms with van der Waals surface area (Å²) >= 11 is 0. The first-order valence-corrected chi connectivity index (χ1v) is 10.4. The van der Waals surface area contributed by atoms with Crippen LogP contribution in [-0.4, -0.2) is 20.1 Å². The summed E-state index contributed by atoms with van der Waals surface area (Å²) in [5.41, 5.74) is 2.06. The van der Waals surface area contributed by atoms with Gasteiger partial charge in [-0.25, -0.2) is 0 Å². The van der Waals surface area contributed by atoms with Crippen molar-refractivity contribution in [1.82, 2.24) is 0 Å². The molecule has 1 N–H and O–H groups in total. The summed E-state index contributed by atoms with van der Waals surface area (Å²) in [6, 6.07) is 0. The fourth-order valence-corrected chi connectivity index (χ4v) is 3.01. The van der Waals surface area contributed by atoms with Gasteiger partial charge in [0, 0.05) is 5.71 Å². The molecule has 0 aliphatic heterocycles. The fourth-order valence-electron chi connectivity index (χ4n) is 1.88. The molecular weight excluding hydrogens is 238 g/mol. The molecule has 2 unspecified atom stereocenters. The van der Waals surface area contributed by atoms with Crippen LogP contribution in [-0.2, 0) is 4.43 Å². The van der Waals surface area contributed by atoms with Gasteiger partial charge >= 0.3 is 0 Å². The molecule has 0 aliphatic carbocycles. The van der Waals surface area contributed by atoms with E-state index in [9.17, 15) is 0 Å². The molecule has 0 spiro atoms. The highest BCUT2D eigenvalue weighted by atomic mass is 28.4. The SMILES string of the molecule is CC(=N)C(CC(C)CCC=C(C)C)O[Si](C)(C)C. The van der Waals surface area contributed by atoms with E-state index in [0.29, 0.717) is 11.6 Å². The highest BCUT2D eigenvalue weighted by molar-refractivity contribution is 6.69. The quantitative estimate of drug-likeness (QED) is 0.375. The van der Waals surface area contributed by atoms with Crippen molar-refractivity contribution in [3.63, 3.8) is 0 Å². The van der Waals surface area contributed by atoms with Gasteiger partial charge < -0.3 is 9.84 Å². The molecule has 2 nitrogen and oxygen atoms in total. The Morgan fingerprint density at radius 2 is 1.78 bits per heavy atom. The summed E-state index contributed by atoms with van der Waals surface area (Å²) in [7, 11) is -1.55. The molecule has 0 rings (SSSR count). The van der Waals surface area contributed by atoms with Gasteiger partial charge in [0.15, 0.2) is 8.32 Å². The maximum atomic E-state index is 7.86. The van der Waals surface area contributed by atoms with Gasteiger partial charge in [-0.15, -0.1) is 0 Å². The van der Waals surface area contributed by atoms with E-state index in [-0.39, 0.29) is 6.10 Å². The molecule has 0 saturated heterocycles. The van der Waals surface area contributed by atoms with Crippen LogP contribution in [0.4, 0.5) is 0 Å². The Bertz CT molecular complexity index is 287. The van der Waals surface area contributed by atoms with E-state index in [1.165, 1.54) is 12.0 Å².